The molecular formula is C20H19N5O4. The second-order valence-corrected chi connectivity index (χ2v) is 6.70. The molecule has 1 aliphatic heterocycles. The predicted molar refractivity (Wildman–Crippen MR) is 104 cm³/mol. The molecule has 0 saturated heterocycles. The van der Waals surface area contributed by atoms with E-state index in [2.05, 4.69) is 15.2 Å². The summed E-state index contributed by atoms with van der Waals surface area (Å²) in [5.41, 5.74) is 3.04. The summed E-state index contributed by atoms with van der Waals surface area (Å²) in [7, 11) is 1.62. The Morgan fingerprint density at radius 1 is 1.31 bits per heavy atom. The highest BCUT2D eigenvalue weighted by atomic mass is 16.6. The number of aromatic nitrogens is 3. The number of nitrogens with zero attached hydrogens (tertiary/aromatic N) is 4. The fourth-order valence-electron chi connectivity index (χ4n) is 3.68. The molecule has 0 fully saturated rings. The van der Waals surface area contributed by atoms with Crippen LogP contribution < -0.4 is 0 Å². The van der Waals surface area contributed by atoms with Crippen molar-refractivity contribution in [1.29, 1.82) is 0 Å². The van der Waals surface area contributed by atoms with Crippen LogP contribution in [0.25, 0.3) is 11.3 Å². The number of carbonyl (C=O) groups is 1. The number of non-ortho nitro benzene ring substituents is 1. The van der Waals surface area contributed by atoms with Crippen LogP contribution in [0.15, 0.2) is 48.8 Å². The number of nitrogens with one attached hydrogen (secondary N) is 1. The van der Waals surface area contributed by atoms with Crippen LogP contribution in [0.1, 0.15) is 34.1 Å². The summed E-state index contributed by atoms with van der Waals surface area (Å²) < 4.78 is 5.13. The maximum Gasteiger partial charge on any atom is 0.273 e. The minimum absolute atomic E-state index is 0.0292. The Bertz CT molecular complexity index is 1050. The van der Waals surface area contributed by atoms with Crippen molar-refractivity contribution >= 4 is 11.6 Å². The van der Waals surface area contributed by atoms with Crippen molar-refractivity contribution in [2.75, 3.05) is 20.3 Å². The largest absolute Gasteiger partial charge is 0.385 e. The lowest BCUT2D eigenvalue weighted by Crippen LogP contribution is -2.31. The van der Waals surface area contributed by atoms with Crippen molar-refractivity contribution in [1.82, 2.24) is 20.1 Å². The van der Waals surface area contributed by atoms with Gasteiger partial charge in [0, 0.05) is 55.9 Å². The number of fused-ring (bicyclic) bond motifs is 1. The monoisotopic (exact) mass is 393 g/mol. The highest BCUT2D eigenvalue weighted by Gasteiger charge is 2.42. The highest BCUT2D eigenvalue weighted by Crippen LogP contribution is 2.42. The average molecular weight is 393 g/mol. The van der Waals surface area contributed by atoms with E-state index in [0.29, 0.717) is 42.1 Å². The summed E-state index contributed by atoms with van der Waals surface area (Å²) in [6.45, 7) is 1.04. The van der Waals surface area contributed by atoms with Crippen LogP contribution in [0, 0.1) is 10.1 Å². The molecule has 29 heavy (non-hydrogen) atoms. The van der Waals surface area contributed by atoms with Gasteiger partial charge in [-0.2, -0.15) is 5.10 Å². The van der Waals surface area contributed by atoms with Crippen molar-refractivity contribution in [3.63, 3.8) is 0 Å². The van der Waals surface area contributed by atoms with Crippen LogP contribution in [-0.2, 0) is 4.74 Å². The summed E-state index contributed by atoms with van der Waals surface area (Å²) in [5.74, 6) is -0.158. The molecule has 2 aromatic heterocycles. The Morgan fingerprint density at radius 2 is 2.17 bits per heavy atom. The van der Waals surface area contributed by atoms with Crippen molar-refractivity contribution < 1.29 is 14.5 Å². The molecular weight excluding hydrogens is 374 g/mol. The maximum absolute atomic E-state index is 13.1. The number of nitro benzene ring substituents is 1. The molecule has 9 nitrogen and oxygen atoms in total. The second-order valence-electron chi connectivity index (χ2n) is 6.70. The van der Waals surface area contributed by atoms with Gasteiger partial charge in [-0.1, -0.05) is 18.2 Å². The van der Waals surface area contributed by atoms with Crippen molar-refractivity contribution in [2.24, 2.45) is 0 Å². The van der Waals surface area contributed by atoms with Crippen LogP contribution in [0.3, 0.4) is 0 Å². The van der Waals surface area contributed by atoms with E-state index in [1.54, 1.807) is 36.5 Å². The van der Waals surface area contributed by atoms with Crippen molar-refractivity contribution in [3.05, 3.63) is 75.7 Å². The van der Waals surface area contributed by atoms with Crippen LogP contribution >= 0.6 is 0 Å². The third-order valence-electron chi connectivity index (χ3n) is 4.94. The molecule has 148 valence electrons. The predicted octanol–water partition coefficient (Wildman–Crippen LogP) is 2.96. The molecule has 1 aromatic carbocycles. The fourth-order valence-corrected chi connectivity index (χ4v) is 3.68. The lowest BCUT2D eigenvalue weighted by Gasteiger charge is -2.26. The summed E-state index contributed by atoms with van der Waals surface area (Å²) >= 11 is 0. The first-order valence-corrected chi connectivity index (χ1v) is 9.14. The van der Waals surface area contributed by atoms with Gasteiger partial charge in [-0.3, -0.25) is 25.0 Å². The zero-order chi connectivity index (χ0) is 20.4. The zero-order valence-corrected chi connectivity index (χ0v) is 15.7. The van der Waals surface area contributed by atoms with E-state index in [4.69, 9.17) is 4.74 Å². The number of hydrogen-bond donors (Lipinski definition) is 1. The summed E-state index contributed by atoms with van der Waals surface area (Å²) in [4.78, 5) is 29.8. The standard InChI is InChI=1S/C20H19N5O4/c1-29-10-4-9-24-19(14-6-3-8-21-12-14)16-17(22-23-18(16)20(24)26)13-5-2-7-15(11-13)25(27)28/h2-3,5-8,11-12,19H,4,9-10H2,1H3,(H,22,23). The number of methoxy groups -OCH3 is 1. The molecule has 1 amide bonds. The summed E-state index contributed by atoms with van der Waals surface area (Å²) in [6, 6.07) is 9.61. The minimum atomic E-state index is -0.447. The lowest BCUT2D eigenvalue weighted by atomic mass is 9.97. The summed E-state index contributed by atoms with van der Waals surface area (Å²) in [5, 5.41) is 18.4. The van der Waals surface area contributed by atoms with Gasteiger partial charge in [-0.05, 0) is 18.1 Å². The zero-order valence-electron chi connectivity index (χ0n) is 15.7. The van der Waals surface area contributed by atoms with Crippen molar-refractivity contribution in [2.45, 2.75) is 12.5 Å². The first-order valence-electron chi connectivity index (χ1n) is 9.14. The van der Waals surface area contributed by atoms with Gasteiger partial charge in [0.05, 0.1) is 16.7 Å². The van der Waals surface area contributed by atoms with E-state index in [0.717, 1.165) is 5.56 Å². The molecule has 0 radical (unpaired) electrons. The molecule has 0 spiro atoms. The SMILES string of the molecule is COCCCN1C(=O)c2[nH]nc(-c3cccc([N+](=O)[O-])c3)c2C1c1cccnc1. The number of ether oxygens (including phenoxy) is 1. The molecule has 9 heteroatoms. The summed E-state index contributed by atoms with van der Waals surface area (Å²) in [6.07, 6.45) is 4.08. The Kier molecular flexibility index (Phi) is 5.05. The number of rotatable bonds is 7. The number of H-pyrrole nitrogens is 1. The normalized spacial score (nSPS) is 15.6. The van der Waals surface area contributed by atoms with Gasteiger partial charge in [-0.25, -0.2) is 0 Å². The van der Waals surface area contributed by atoms with E-state index in [9.17, 15) is 14.9 Å². The smallest absolute Gasteiger partial charge is 0.273 e. The molecule has 1 atom stereocenters. The molecule has 3 aromatic rings. The van der Waals surface area contributed by atoms with E-state index in [1.807, 2.05) is 12.1 Å². The average Bonchev–Trinajstić information content (AvgIpc) is 3.28. The first-order chi connectivity index (χ1) is 14.1. The van der Waals surface area contributed by atoms with Gasteiger partial charge in [0.25, 0.3) is 11.6 Å². The quantitative estimate of drug-likeness (QED) is 0.375. The van der Waals surface area contributed by atoms with Gasteiger partial charge < -0.3 is 9.64 Å². The fraction of sp³-hybridized carbons (Fsp3) is 0.250. The van der Waals surface area contributed by atoms with Crippen LogP contribution in [0.4, 0.5) is 5.69 Å². The number of benzene rings is 1. The number of amides is 1. The third-order valence-corrected chi connectivity index (χ3v) is 4.94. The highest BCUT2D eigenvalue weighted by molar-refractivity contribution is 6.00. The number of nitro groups is 1. The van der Waals surface area contributed by atoms with Gasteiger partial charge in [0.15, 0.2) is 0 Å². The number of carbonyl (C=O) groups excluding carboxylic acids is 1. The van der Waals surface area contributed by atoms with Gasteiger partial charge in [-0.15, -0.1) is 0 Å². The minimum Gasteiger partial charge on any atom is -0.385 e. The van der Waals surface area contributed by atoms with Gasteiger partial charge in [0.1, 0.15) is 5.69 Å². The number of aromatic amines is 1. The molecule has 1 aliphatic rings. The van der Waals surface area contributed by atoms with Crippen molar-refractivity contribution in [3.8, 4) is 11.3 Å². The van der Waals surface area contributed by atoms with E-state index >= 15 is 0 Å². The third kappa shape index (κ3) is 3.36. The van der Waals surface area contributed by atoms with E-state index in [1.165, 1.54) is 12.1 Å². The molecule has 0 bridgehead atoms. The van der Waals surface area contributed by atoms with Crippen LogP contribution in [0.5, 0.6) is 0 Å². The Balaban J connectivity index is 1.82. The number of hydrogen-bond acceptors (Lipinski definition) is 6. The second kappa shape index (κ2) is 7.80. The first kappa shape index (κ1) is 18.8. The molecule has 0 saturated carbocycles. The van der Waals surface area contributed by atoms with Gasteiger partial charge >= 0.3 is 0 Å². The van der Waals surface area contributed by atoms with Crippen LogP contribution in [0.2, 0.25) is 0 Å². The molecule has 0 aliphatic carbocycles. The Morgan fingerprint density at radius 3 is 2.90 bits per heavy atom. The molecule has 1 unspecified atom stereocenters. The molecule has 1 N–H and O–H groups in total. The van der Waals surface area contributed by atoms with Gasteiger partial charge in [0.2, 0.25) is 0 Å². The van der Waals surface area contributed by atoms with Crippen LogP contribution in [-0.4, -0.2) is 51.2 Å². The number of pyridine rings is 1. The lowest BCUT2D eigenvalue weighted by molar-refractivity contribution is -0.384. The molecule has 3 heterocycles. The Labute approximate surface area is 166 Å². The molecule has 4 rings (SSSR count). The van der Waals surface area contributed by atoms with E-state index < -0.39 is 4.92 Å². The maximum atomic E-state index is 13.1. The van der Waals surface area contributed by atoms with E-state index in [-0.39, 0.29) is 17.6 Å². The topological polar surface area (TPSA) is 114 Å². The Hall–Kier alpha value is -3.59.